The summed E-state index contributed by atoms with van der Waals surface area (Å²) in [5, 5.41) is 16.7. The second-order valence-electron chi connectivity index (χ2n) is 16.9. The highest BCUT2D eigenvalue weighted by Crippen LogP contribution is 2.49. The molecule has 0 N–H and O–H groups in total. The summed E-state index contributed by atoms with van der Waals surface area (Å²) < 4.78 is 7.29. The molecule has 0 radical (unpaired) electrons. The zero-order valence-corrected chi connectivity index (χ0v) is 32.4. The first-order valence-electron chi connectivity index (χ1n) is 21.1. The molecule has 3 aliphatic heterocycles. The minimum atomic E-state index is -0.0778. The number of hydrogen-bond acceptors (Lipinski definition) is 2. The first-order valence-corrected chi connectivity index (χ1v) is 21.1. The molecule has 0 aliphatic carbocycles. The van der Waals surface area contributed by atoms with E-state index in [2.05, 4.69) is 193 Å². The normalized spacial score (nSPS) is 13.6. The van der Waals surface area contributed by atoms with E-state index in [0.29, 0.717) is 0 Å². The largest absolute Gasteiger partial charge is 0.440 e. The lowest BCUT2D eigenvalue weighted by molar-refractivity contribution is 0.623. The predicted octanol–water partition coefficient (Wildman–Crippen LogP) is 10.5. The molecule has 0 fully saturated rings. The van der Waals surface area contributed by atoms with Gasteiger partial charge in [-0.05, 0) is 104 Å². The summed E-state index contributed by atoms with van der Waals surface area (Å²) >= 11 is 0. The Morgan fingerprint density at radius 3 is 1.47 bits per heavy atom. The average molecular weight is 755 g/mol. The van der Waals surface area contributed by atoms with Crippen LogP contribution in [0, 0.1) is 0 Å². The molecule has 4 heterocycles. The quantitative estimate of drug-likeness (QED) is 0.123. The highest BCUT2D eigenvalue weighted by Gasteiger charge is 2.50. The molecule has 0 unspecified atom stereocenters. The first-order chi connectivity index (χ1) is 29.8. The van der Waals surface area contributed by atoms with Crippen molar-refractivity contribution >= 4 is 139 Å². The Morgan fingerprint density at radius 2 is 0.800 bits per heavy atom. The summed E-state index contributed by atoms with van der Waals surface area (Å²) in [7, 11) is 0. The molecule has 2 nitrogen and oxygen atoms in total. The third kappa shape index (κ3) is 3.71. The lowest BCUT2D eigenvalue weighted by Crippen LogP contribution is -2.63. The van der Waals surface area contributed by atoms with Crippen LogP contribution in [0.2, 0.25) is 0 Å². The van der Waals surface area contributed by atoms with Gasteiger partial charge in [0, 0.05) is 22.2 Å². The van der Waals surface area contributed by atoms with Gasteiger partial charge in [-0.3, -0.25) is 4.90 Å². The number of para-hydroxylation sites is 2. The maximum Gasteiger partial charge on any atom is 0.252 e. The van der Waals surface area contributed by atoms with Gasteiger partial charge >= 0.3 is 0 Å². The molecule has 12 aromatic rings. The molecule has 4 heteroatoms. The molecule has 0 bridgehead atoms. The van der Waals surface area contributed by atoms with Crippen LogP contribution in [0.3, 0.4) is 0 Å². The topological polar surface area (TPSA) is 16.4 Å². The second-order valence-corrected chi connectivity index (χ2v) is 16.9. The lowest BCUT2D eigenvalue weighted by Gasteiger charge is -2.41. The molecular weight excluding hydrogens is 724 g/mol. The molecule has 60 heavy (non-hydrogen) atoms. The monoisotopic (exact) mass is 755 g/mol. The van der Waals surface area contributed by atoms with Gasteiger partial charge in [-0.1, -0.05) is 187 Å². The lowest BCUT2D eigenvalue weighted by atomic mass is 9.31. The van der Waals surface area contributed by atoms with Crippen molar-refractivity contribution in [2.24, 2.45) is 0 Å². The predicted molar refractivity (Wildman–Crippen MR) is 257 cm³/mol. The molecule has 1 aromatic heterocycles. The van der Waals surface area contributed by atoms with Crippen LogP contribution in [0.4, 0.5) is 17.3 Å². The molecule has 0 atom stereocenters. The molecule has 0 amide bonds. The van der Waals surface area contributed by atoms with Crippen LogP contribution < -0.4 is 37.7 Å². The Bertz CT molecular complexity index is 3890. The summed E-state index contributed by atoms with van der Waals surface area (Å²) in [6.07, 6.45) is 0. The minimum absolute atomic E-state index is 0.0778. The minimum Gasteiger partial charge on any atom is -0.440 e. The van der Waals surface area contributed by atoms with Gasteiger partial charge in [0.05, 0.1) is 0 Å². The van der Waals surface area contributed by atoms with Crippen molar-refractivity contribution in [2.75, 3.05) is 4.90 Å². The van der Waals surface area contributed by atoms with E-state index in [0.717, 1.165) is 16.9 Å². The van der Waals surface area contributed by atoms with Crippen molar-refractivity contribution in [3.8, 4) is 11.1 Å². The van der Waals surface area contributed by atoms with Gasteiger partial charge in [-0.15, -0.1) is 0 Å². The van der Waals surface area contributed by atoms with E-state index < -0.39 is 0 Å². The highest BCUT2D eigenvalue weighted by molar-refractivity contribution is 7.05. The van der Waals surface area contributed by atoms with Crippen molar-refractivity contribution in [1.29, 1.82) is 0 Å². The van der Waals surface area contributed by atoms with Gasteiger partial charge in [-0.2, -0.15) is 0 Å². The van der Waals surface area contributed by atoms with E-state index in [4.69, 9.17) is 4.42 Å². The van der Waals surface area contributed by atoms with Crippen LogP contribution >= 0.6 is 0 Å². The van der Waals surface area contributed by atoms with Gasteiger partial charge in [0.15, 0.2) is 0 Å². The van der Waals surface area contributed by atoms with Crippen molar-refractivity contribution in [1.82, 2.24) is 0 Å². The maximum atomic E-state index is 7.29. The Hall–Kier alpha value is -7.55. The van der Waals surface area contributed by atoms with Crippen LogP contribution in [0.25, 0.3) is 86.7 Å². The number of anilines is 3. The number of furan rings is 1. The van der Waals surface area contributed by atoms with E-state index in [1.807, 2.05) is 0 Å². The van der Waals surface area contributed by atoms with Crippen LogP contribution in [0.5, 0.6) is 0 Å². The van der Waals surface area contributed by atoms with Crippen molar-refractivity contribution in [2.45, 2.75) is 0 Å². The van der Waals surface area contributed by atoms with E-state index in [-0.39, 0.29) is 13.4 Å². The fourth-order valence-electron chi connectivity index (χ4n) is 12.1. The van der Waals surface area contributed by atoms with Gasteiger partial charge in [-0.25, -0.2) is 0 Å². The third-order valence-corrected chi connectivity index (χ3v) is 14.3. The van der Waals surface area contributed by atoms with Crippen LogP contribution in [0.15, 0.2) is 192 Å². The zero-order valence-electron chi connectivity index (χ0n) is 32.4. The smallest absolute Gasteiger partial charge is 0.252 e. The maximum absolute atomic E-state index is 7.29. The van der Waals surface area contributed by atoms with Crippen LogP contribution in [0.1, 0.15) is 0 Å². The standard InChI is InChI=1S/C56H31B2NO/c1-3-17-35-32(15-1)34-18-5-7-21-38(34)50-39(35)25-13-27-45(50)58-47-29-14-28-46-55(47)59(56-53(58)42-24-10-12-30-49(42)60-56)48-31-43-37-20-4-2-16-33(37)36-19-6-8-22-40(36)51(43)52-41-23-9-11-26-44(41)57(46)54(48)52/h1-31H. The fourth-order valence-corrected chi connectivity index (χ4v) is 12.1. The summed E-state index contributed by atoms with van der Waals surface area (Å²) in [6.45, 7) is 0.00178. The second kappa shape index (κ2) is 11.1. The molecular formula is C56H31B2NO. The number of benzene rings is 11. The Kier molecular flexibility index (Phi) is 5.83. The summed E-state index contributed by atoms with van der Waals surface area (Å²) in [5.41, 5.74) is 14.0. The van der Waals surface area contributed by atoms with E-state index in [1.54, 1.807) is 0 Å². The van der Waals surface area contributed by atoms with E-state index in [9.17, 15) is 0 Å². The molecule has 15 rings (SSSR count). The Morgan fingerprint density at radius 1 is 0.350 bits per heavy atom. The molecule has 0 spiro atoms. The van der Waals surface area contributed by atoms with E-state index in [1.165, 1.54) is 120 Å². The van der Waals surface area contributed by atoms with Crippen molar-refractivity contribution in [3.63, 3.8) is 0 Å². The van der Waals surface area contributed by atoms with Gasteiger partial charge < -0.3 is 4.42 Å². The van der Waals surface area contributed by atoms with Crippen LogP contribution in [-0.4, -0.2) is 13.4 Å². The summed E-state index contributed by atoms with van der Waals surface area (Å²) in [6, 6.07) is 70.4. The molecule has 272 valence electrons. The van der Waals surface area contributed by atoms with Gasteiger partial charge in [0.25, 0.3) is 6.71 Å². The molecule has 0 saturated heterocycles. The Labute approximate surface area is 346 Å². The van der Waals surface area contributed by atoms with Crippen LogP contribution in [-0.2, 0) is 0 Å². The number of nitrogens with zero attached hydrogens (tertiary/aromatic N) is 1. The molecule has 11 aromatic carbocycles. The fraction of sp³-hybridized carbons (Fsp3) is 0. The van der Waals surface area contributed by atoms with Gasteiger partial charge in [0.2, 0.25) is 12.6 Å². The third-order valence-electron chi connectivity index (χ3n) is 14.3. The van der Waals surface area contributed by atoms with Crippen molar-refractivity contribution in [3.05, 3.63) is 188 Å². The van der Waals surface area contributed by atoms with Crippen molar-refractivity contribution < 1.29 is 4.42 Å². The molecule has 3 aliphatic rings. The SMILES string of the molecule is c1ccc2c(c1)B1c3cccc4c3N(c3cc5c6ccccc6c6ccccc6c5c-2c31)c1oc2ccccc2c1B4c1cccc2c3ccccc3c3ccccc3c12. The molecule has 0 saturated carbocycles. The Balaban J connectivity index is 1.13. The zero-order chi connectivity index (χ0) is 38.8. The number of rotatable bonds is 1. The summed E-state index contributed by atoms with van der Waals surface area (Å²) in [5.74, 6) is 0.921. The summed E-state index contributed by atoms with van der Waals surface area (Å²) in [4.78, 5) is 2.53. The first kappa shape index (κ1) is 31.4. The number of fused-ring (bicyclic) bond motifs is 22. The van der Waals surface area contributed by atoms with E-state index >= 15 is 0 Å². The number of hydrogen-bond donors (Lipinski definition) is 0. The van der Waals surface area contributed by atoms with Gasteiger partial charge in [0.1, 0.15) is 5.58 Å². The average Bonchev–Trinajstić information content (AvgIpc) is 3.87. The highest BCUT2D eigenvalue weighted by atomic mass is 16.4.